The lowest BCUT2D eigenvalue weighted by atomic mass is 10.4. The molecule has 0 aromatic carbocycles. The van der Waals surface area contributed by atoms with Crippen LogP contribution in [0.25, 0.3) is 0 Å². The van der Waals surface area contributed by atoms with Crippen LogP contribution in [0.3, 0.4) is 0 Å². The number of halogens is 1. The van der Waals surface area contributed by atoms with E-state index in [1.807, 2.05) is 0 Å². The molecule has 0 amide bonds. The van der Waals surface area contributed by atoms with Gasteiger partial charge in [0, 0.05) is 29.4 Å². The molecule has 8 heteroatoms. The summed E-state index contributed by atoms with van der Waals surface area (Å²) in [5, 5.41) is 15.5. The van der Waals surface area contributed by atoms with E-state index in [1.54, 1.807) is 6.26 Å². The molecule has 0 spiro atoms. The van der Waals surface area contributed by atoms with Crippen LogP contribution in [0.4, 0.5) is 5.69 Å². The molecule has 0 bridgehead atoms. The van der Waals surface area contributed by atoms with Gasteiger partial charge in [-0.3, -0.25) is 9.00 Å². The third-order valence-electron chi connectivity index (χ3n) is 2.00. The van der Waals surface area contributed by atoms with Gasteiger partial charge in [-0.25, -0.2) is 4.68 Å². The highest BCUT2D eigenvalue weighted by Crippen LogP contribution is 2.14. The van der Waals surface area contributed by atoms with Crippen molar-refractivity contribution in [1.82, 2.24) is 9.78 Å². The molecule has 0 saturated carbocycles. The molecule has 0 aliphatic carbocycles. The number of nitrogens with one attached hydrogen (secondary N) is 1. The Kier molecular flexibility index (Phi) is 5.60. The predicted octanol–water partition coefficient (Wildman–Crippen LogP) is -0.321. The van der Waals surface area contributed by atoms with Gasteiger partial charge in [0.2, 0.25) is 0 Å². The van der Waals surface area contributed by atoms with Gasteiger partial charge in [-0.1, -0.05) is 11.6 Å². The van der Waals surface area contributed by atoms with E-state index in [0.29, 0.717) is 18.0 Å². The Labute approximate surface area is 106 Å². The lowest BCUT2D eigenvalue weighted by Gasteiger charge is -2.08. The van der Waals surface area contributed by atoms with Crippen LogP contribution in [-0.2, 0) is 17.3 Å². The SMILES string of the molecule is CS(=O)CCNc1cnn(CCO)c(=O)c1Cl. The van der Waals surface area contributed by atoms with Crippen molar-refractivity contribution in [3.63, 3.8) is 0 Å². The predicted molar refractivity (Wildman–Crippen MR) is 68.0 cm³/mol. The maximum atomic E-state index is 11.6. The minimum absolute atomic E-state index is 0.0235. The molecule has 1 rings (SSSR count). The van der Waals surface area contributed by atoms with Crippen molar-refractivity contribution >= 4 is 28.1 Å². The highest BCUT2D eigenvalue weighted by atomic mass is 35.5. The zero-order valence-corrected chi connectivity index (χ0v) is 10.9. The van der Waals surface area contributed by atoms with Gasteiger partial charge in [0.15, 0.2) is 0 Å². The van der Waals surface area contributed by atoms with E-state index >= 15 is 0 Å². The van der Waals surface area contributed by atoms with Crippen molar-refractivity contribution in [2.75, 3.05) is 30.5 Å². The van der Waals surface area contributed by atoms with Gasteiger partial charge in [0.25, 0.3) is 5.56 Å². The molecule has 0 aliphatic rings. The summed E-state index contributed by atoms with van der Waals surface area (Å²) in [6, 6.07) is 0. The van der Waals surface area contributed by atoms with E-state index in [9.17, 15) is 9.00 Å². The third kappa shape index (κ3) is 4.10. The van der Waals surface area contributed by atoms with Crippen LogP contribution >= 0.6 is 11.6 Å². The molecule has 1 heterocycles. The number of aromatic nitrogens is 2. The molecule has 0 fully saturated rings. The Morgan fingerprint density at radius 2 is 2.35 bits per heavy atom. The first-order valence-electron chi connectivity index (χ1n) is 4.96. The summed E-state index contributed by atoms with van der Waals surface area (Å²) in [7, 11) is -0.901. The van der Waals surface area contributed by atoms with Crippen LogP contribution in [0.2, 0.25) is 5.02 Å². The van der Waals surface area contributed by atoms with Crippen molar-refractivity contribution in [3.8, 4) is 0 Å². The smallest absolute Gasteiger partial charge is 0.287 e. The van der Waals surface area contributed by atoms with Crippen molar-refractivity contribution in [2.45, 2.75) is 6.54 Å². The van der Waals surface area contributed by atoms with E-state index in [0.717, 1.165) is 4.68 Å². The van der Waals surface area contributed by atoms with Gasteiger partial charge >= 0.3 is 0 Å². The lowest BCUT2D eigenvalue weighted by molar-refractivity contribution is 0.266. The van der Waals surface area contributed by atoms with Crippen molar-refractivity contribution < 1.29 is 9.32 Å². The summed E-state index contributed by atoms with van der Waals surface area (Å²) < 4.78 is 11.9. The van der Waals surface area contributed by atoms with Gasteiger partial charge in [0.05, 0.1) is 25.0 Å². The van der Waals surface area contributed by atoms with Crippen molar-refractivity contribution in [3.05, 3.63) is 21.6 Å². The van der Waals surface area contributed by atoms with Crippen LogP contribution in [-0.4, -0.2) is 44.3 Å². The third-order valence-corrected chi connectivity index (χ3v) is 3.15. The number of aliphatic hydroxyl groups excluding tert-OH is 1. The van der Waals surface area contributed by atoms with Crippen molar-refractivity contribution in [2.24, 2.45) is 0 Å². The molecule has 2 N–H and O–H groups in total. The minimum atomic E-state index is -0.901. The van der Waals surface area contributed by atoms with Crippen LogP contribution in [0.15, 0.2) is 11.0 Å². The lowest BCUT2D eigenvalue weighted by Crippen LogP contribution is -2.26. The standard InChI is InChI=1S/C9H14ClN3O3S/c1-17(16)5-2-11-7-6-12-13(3-4-14)9(15)8(7)10/h6,11,14H,2-5H2,1H3. The Morgan fingerprint density at radius 3 is 2.94 bits per heavy atom. The average Bonchev–Trinajstić information content (AvgIpc) is 2.28. The Morgan fingerprint density at radius 1 is 1.65 bits per heavy atom. The van der Waals surface area contributed by atoms with Crippen molar-refractivity contribution in [1.29, 1.82) is 0 Å². The number of aliphatic hydroxyl groups is 1. The van der Waals surface area contributed by atoms with Crippen LogP contribution in [0.5, 0.6) is 0 Å². The van der Waals surface area contributed by atoms with E-state index < -0.39 is 16.4 Å². The second kappa shape index (κ2) is 6.73. The summed E-state index contributed by atoms with van der Waals surface area (Å²) in [5.74, 6) is 0.468. The zero-order chi connectivity index (χ0) is 12.8. The first-order valence-corrected chi connectivity index (χ1v) is 7.07. The maximum absolute atomic E-state index is 11.6. The molecule has 1 unspecified atom stereocenters. The second-order valence-electron chi connectivity index (χ2n) is 3.33. The maximum Gasteiger partial charge on any atom is 0.287 e. The first-order chi connectivity index (χ1) is 8.06. The fourth-order valence-corrected chi connectivity index (χ4v) is 1.77. The molecule has 1 aromatic rings. The fraction of sp³-hybridized carbons (Fsp3) is 0.556. The number of hydrogen-bond acceptors (Lipinski definition) is 5. The summed E-state index contributed by atoms with van der Waals surface area (Å²) in [4.78, 5) is 11.6. The molecule has 96 valence electrons. The number of anilines is 1. The van der Waals surface area contributed by atoms with E-state index in [1.165, 1.54) is 6.20 Å². The second-order valence-corrected chi connectivity index (χ2v) is 5.26. The van der Waals surface area contributed by atoms with E-state index in [4.69, 9.17) is 16.7 Å². The normalized spacial score (nSPS) is 12.4. The van der Waals surface area contributed by atoms with Gasteiger partial charge < -0.3 is 10.4 Å². The summed E-state index contributed by atoms with van der Waals surface area (Å²) >= 11 is 5.86. The number of rotatable bonds is 6. The summed E-state index contributed by atoms with van der Waals surface area (Å²) in [6.45, 7) is 0.386. The summed E-state index contributed by atoms with van der Waals surface area (Å²) in [5.41, 5.74) is -0.0420. The Bertz CT molecular complexity index is 463. The monoisotopic (exact) mass is 279 g/mol. The molecule has 0 aliphatic heterocycles. The van der Waals surface area contributed by atoms with Gasteiger partial charge in [0.1, 0.15) is 5.02 Å². The van der Waals surface area contributed by atoms with Gasteiger partial charge in [-0.15, -0.1) is 0 Å². The summed E-state index contributed by atoms with van der Waals surface area (Å²) in [6.07, 6.45) is 3.01. The first kappa shape index (κ1) is 14.1. The average molecular weight is 280 g/mol. The molecule has 6 nitrogen and oxygen atoms in total. The Balaban J connectivity index is 2.78. The van der Waals surface area contributed by atoms with Crippen LogP contribution in [0.1, 0.15) is 0 Å². The number of nitrogens with zero attached hydrogens (tertiary/aromatic N) is 2. The van der Waals surface area contributed by atoms with Crippen LogP contribution < -0.4 is 10.9 Å². The molecule has 0 saturated heterocycles. The minimum Gasteiger partial charge on any atom is -0.394 e. The zero-order valence-electron chi connectivity index (χ0n) is 9.35. The largest absolute Gasteiger partial charge is 0.394 e. The van der Waals surface area contributed by atoms with Gasteiger partial charge in [-0.05, 0) is 0 Å². The molecule has 0 radical (unpaired) electrons. The van der Waals surface area contributed by atoms with E-state index in [-0.39, 0.29) is 18.2 Å². The highest BCUT2D eigenvalue weighted by Gasteiger charge is 2.08. The Hall–Kier alpha value is -0.920. The van der Waals surface area contributed by atoms with E-state index in [2.05, 4.69) is 10.4 Å². The topological polar surface area (TPSA) is 84.2 Å². The molecule has 17 heavy (non-hydrogen) atoms. The molecule has 1 atom stereocenters. The molecular formula is C9H14ClN3O3S. The molecule has 1 aromatic heterocycles. The quantitative estimate of drug-likeness (QED) is 0.746. The highest BCUT2D eigenvalue weighted by molar-refractivity contribution is 7.84. The van der Waals surface area contributed by atoms with Crippen LogP contribution in [0, 0.1) is 0 Å². The number of hydrogen-bond donors (Lipinski definition) is 2. The molecular weight excluding hydrogens is 266 g/mol. The fourth-order valence-electron chi connectivity index (χ4n) is 1.17. The van der Waals surface area contributed by atoms with Gasteiger partial charge in [-0.2, -0.15) is 5.10 Å².